The van der Waals surface area contributed by atoms with E-state index in [1.54, 1.807) is 37.4 Å². The Morgan fingerprint density at radius 2 is 1.76 bits per heavy atom. The van der Waals surface area contributed by atoms with Crippen molar-refractivity contribution in [2.45, 2.75) is 13.8 Å². The van der Waals surface area contributed by atoms with Gasteiger partial charge < -0.3 is 0 Å². The summed E-state index contributed by atoms with van der Waals surface area (Å²) in [5, 5.41) is 0. The largest absolute Gasteiger partial charge is 0.298 e. The first-order valence-corrected chi connectivity index (χ1v) is 5.20. The summed E-state index contributed by atoms with van der Waals surface area (Å²) in [4.78, 5) is 29.3. The van der Waals surface area contributed by atoms with E-state index in [4.69, 9.17) is 0 Å². The van der Waals surface area contributed by atoms with Gasteiger partial charge in [0.05, 0.1) is 5.71 Å². The van der Waals surface area contributed by atoms with Crippen molar-refractivity contribution in [1.82, 2.24) is 0 Å². The van der Waals surface area contributed by atoms with Gasteiger partial charge in [-0.05, 0) is 12.5 Å². The minimum atomic E-state index is -0.0458. The predicted molar refractivity (Wildman–Crippen MR) is 68.1 cm³/mol. The summed E-state index contributed by atoms with van der Waals surface area (Å²) < 4.78 is 0. The van der Waals surface area contributed by atoms with Crippen LogP contribution in [0.1, 0.15) is 29.8 Å². The van der Waals surface area contributed by atoms with Gasteiger partial charge in [-0.3, -0.25) is 19.6 Å². The highest BCUT2D eigenvalue weighted by atomic mass is 16.1. The summed E-state index contributed by atoms with van der Waals surface area (Å²) in [6.07, 6.45) is 2.45. The van der Waals surface area contributed by atoms with Gasteiger partial charge in [0.15, 0.2) is 5.78 Å². The molecule has 0 aliphatic rings. The molecule has 0 atom stereocenters. The van der Waals surface area contributed by atoms with Crippen molar-refractivity contribution in [2.75, 3.05) is 6.67 Å². The summed E-state index contributed by atoms with van der Waals surface area (Å²) in [7, 11) is 0. The topological polar surface area (TPSA) is 58.9 Å². The van der Waals surface area contributed by atoms with Crippen molar-refractivity contribution in [1.29, 1.82) is 0 Å². The zero-order valence-corrected chi connectivity index (χ0v) is 9.88. The molecule has 0 amide bonds. The summed E-state index contributed by atoms with van der Waals surface area (Å²) in [6.45, 7) is 3.37. The third kappa shape index (κ3) is 4.51. The second-order valence-electron chi connectivity index (χ2n) is 3.54. The van der Waals surface area contributed by atoms with E-state index < -0.39 is 0 Å². The summed E-state index contributed by atoms with van der Waals surface area (Å²) in [5.41, 5.74) is 2.00. The number of rotatable bonds is 5. The molecule has 0 aliphatic heterocycles. The highest BCUT2D eigenvalue weighted by Gasteiger charge is 1.94. The first-order chi connectivity index (χ1) is 8.13. The molecular formula is C13H14N2O2. The Morgan fingerprint density at radius 1 is 1.18 bits per heavy atom. The van der Waals surface area contributed by atoms with Crippen LogP contribution in [-0.4, -0.2) is 30.7 Å². The van der Waals surface area contributed by atoms with Crippen LogP contribution in [0.25, 0.3) is 0 Å². The molecular weight excluding hydrogens is 216 g/mol. The van der Waals surface area contributed by atoms with E-state index in [0.29, 0.717) is 11.3 Å². The zero-order chi connectivity index (χ0) is 12.7. The SMILES string of the molecule is CC(=O)C(C)=NCN=Cc1ccc(C=O)cc1. The molecule has 0 bridgehead atoms. The van der Waals surface area contributed by atoms with Gasteiger partial charge >= 0.3 is 0 Å². The average Bonchev–Trinajstić information content (AvgIpc) is 2.35. The third-order valence-corrected chi connectivity index (χ3v) is 2.21. The molecule has 1 rings (SSSR count). The average molecular weight is 230 g/mol. The lowest BCUT2D eigenvalue weighted by Crippen LogP contribution is -2.04. The van der Waals surface area contributed by atoms with Gasteiger partial charge in [0.25, 0.3) is 0 Å². The van der Waals surface area contributed by atoms with Crippen LogP contribution in [0.15, 0.2) is 34.3 Å². The van der Waals surface area contributed by atoms with Gasteiger partial charge in [-0.25, -0.2) is 0 Å². The number of hydrogen-bond acceptors (Lipinski definition) is 4. The molecule has 0 N–H and O–H groups in total. The van der Waals surface area contributed by atoms with Crippen LogP contribution < -0.4 is 0 Å². The number of hydrogen-bond donors (Lipinski definition) is 0. The highest BCUT2D eigenvalue weighted by molar-refractivity contribution is 6.37. The molecule has 0 radical (unpaired) electrons. The first kappa shape index (κ1) is 13.0. The molecule has 17 heavy (non-hydrogen) atoms. The Bertz CT molecular complexity index is 459. The Morgan fingerprint density at radius 3 is 2.29 bits per heavy atom. The molecule has 0 aliphatic carbocycles. The van der Waals surface area contributed by atoms with Crippen LogP contribution >= 0.6 is 0 Å². The van der Waals surface area contributed by atoms with E-state index >= 15 is 0 Å². The molecule has 0 heterocycles. The zero-order valence-electron chi connectivity index (χ0n) is 9.88. The quantitative estimate of drug-likeness (QED) is 0.573. The third-order valence-electron chi connectivity index (χ3n) is 2.21. The number of ketones is 1. The van der Waals surface area contributed by atoms with E-state index in [9.17, 15) is 9.59 Å². The Labute approximate surface area is 100 Å². The lowest BCUT2D eigenvalue weighted by Gasteiger charge is -1.94. The fourth-order valence-corrected chi connectivity index (χ4v) is 1.07. The smallest absolute Gasteiger partial charge is 0.173 e. The van der Waals surface area contributed by atoms with Gasteiger partial charge in [0, 0.05) is 18.7 Å². The predicted octanol–water partition coefficient (Wildman–Crippen LogP) is 1.93. The number of carbonyl (C=O) groups excluding carboxylic acids is 2. The van der Waals surface area contributed by atoms with Crippen LogP contribution in [-0.2, 0) is 4.79 Å². The fraction of sp³-hybridized carbons (Fsp3) is 0.231. The Hall–Kier alpha value is -2.10. The number of aliphatic imine (C=N–C) groups is 2. The molecule has 0 unspecified atom stereocenters. The monoisotopic (exact) mass is 230 g/mol. The van der Waals surface area contributed by atoms with Gasteiger partial charge in [-0.15, -0.1) is 0 Å². The standard InChI is InChI=1S/C13H14N2O2/c1-10(11(2)17)15-9-14-7-12-3-5-13(8-16)6-4-12/h3-8H,9H2,1-2H3. The van der Waals surface area contributed by atoms with Crippen molar-refractivity contribution in [2.24, 2.45) is 9.98 Å². The Kier molecular flexibility index (Phi) is 4.94. The van der Waals surface area contributed by atoms with Crippen molar-refractivity contribution in [3.63, 3.8) is 0 Å². The van der Waals surface area contributed by atoms with E-state index in [1.807, 2.05) is 0 Å². The maximum Gasteiger partial charge on any atom is 0.173 e. The minimum absolute atomic E-state index is 0.0458. The van der Waals surface area contributed by atoms with E-state index in [1.165, 1.54) is 6.92 Å². The molecule has 0 fully saturated rings. The highest BCUT2D eigenvalue weighted by Crippen LogP contribution is 1.99. The fourth-order valence-electron chi connectivity index (χ4n) is 1.07. The maximum atomic E-state index is 10.9. The minimum Gasteiger partial charge on any atom is -0.298 e. The second-order valence-corrected chi connectivity index (χ2v) is 3.54. The van der Waals surface area contributed by atoms with Crippen LogP contribution in [0.2, 0.25) is 0 Å². The van der Waals surface area contributed by atoms with Crippen molar-refractivity contribution in [3.8, 4) is 0 Å². The van der Waals surface area contributed by atoms with Crippen LogP contribution in [0, 0.1) is 0 Å². The maximum absolute atomic E-state index is 10.9. The van der Waals surface area contributed by atoms with Gasteiger partial charge in [0.1, 0.15) is 13.0 Å². The lowest BCUT2D eigenvalue weighted by molar-refractivity contribution is -0.111. The van der Waals surface area contributed by atoms with E-state index in [-0.39, 0.29) is 12.5 Å². The normalized spacial score (nSPS) is 11.8. The lowest BCUT2D eigenvalue weighted by atomic mass is 10.2. The number of benzene rings is 1. The van der Waals surface area contributed by atoms with Crippen molar-refractivity contribution >= 4 is 24.0 Å². The summed E-state index contributed by atoms with van der Waals surface area (Å²) in [6, 6.07) is 7.04. The number of nitrogens with zero attached hydrogens (tertiary/aromatic N) is 2. The van der Waals surface area contributed by atoms with Crippen LogP contribution in [0.4, 0.5) is 0 Å². The molecule has 1 aromatic rings. The Balaban J connectivity index is 2.56. The molecule has 4 heteroatoms. The first-order valence-electron chi connectivity index (χ1n) is 5.20. The molecule has 88 valence electrons. The van der Waals surface area contributed by atoms with Gasteiger partial charge in [-0.1, -0.05) is 24.3 Å². The number of carbonyl (C=O) groups is 2. The molecule has 1 aromatic carbocycles. The summed E-state index contributed by atoms with van der Waals surface area (Å²) in [5.74, 6) is -0.0458. The summed E-state index contributed by atoms with van der Waals surface area (Å²) >= 11 is 0. The van der Waals surface area contributed by atoms with E-state index in [0.717, 1.165) is 11.8 Å². The molecule has 0 saturated carbocycles. The number of aldehydes is 1. The molecule has 4 nitrogen and oxygen atoms in total. The number of Topliss-reactive ketones (excluding diaryl/α,β-unsaturated/α-hetero) is 1. The van der Waals surface area contributed by atoms with Crippen LogP contribution in [0.3, 0.4) is 0 Å². The van der Waals surface area contributed by atoms with Gasteiger partial charge in [-0.2, -0.15) is 0 Å². The second kappa shape index (κ2) is 6.48. The molecule has 0 saturated heterocycles. The molecule has 0 aromatic heterocycles. The molecule has 0 spiro atoms. The van der Waals surface area contributed by atoms with Gasteiger partial charge in [0.2, 0.25) is 0 Å². The van der Waals surface area contributed by atoms with Crippen molar-refractivity contribution < 1.29 is 9.59 Å². The van der Waals surface area contributed by atoms with Crippen molar-refractivity contribution in [3.05, 3.63) is 35.4 Å². The van der Waals surface area contributed by atoms with E-state index in [2.05, 4.69) is 9.98 Å². The van der Waals surface area contributed by atoms with Crippen LogP contribution in [0.5, 0.6) is 0 Å².